The first kappa shape index (κ1) is 14.0. The van der Waals surface area contributed by atoms with E-state index in [0.29, 0.717) is 0 Å². The van der Waals surface area contributed by atoms with Crippen LogP contribution in [-0.4, -0.2) is 12.0 Å². The summed E-state index contributed by atoms with van der Waals surface area (Å²) < 4.78 is 32.0. The Labute approximate surface area is 115 Å². The van der Waals surface area contributed by atoms with Gasteiger partial charge in [-0.2, -0.15) is 0 Å². The fourth-order valence-electron chi connectivity index (χ4n) is 1.58. The Morgan fingerprint density at radius 1 is 1.05 bits per heavy atom. The van der Waals surface area contributed by atoms with Crippen molar-refractivity contribution in [1.29, 1.82) is 0 Å². The number of carbonyl (C=O) groups excluding carboxylic acids is 1. The Morgan fingerprint density at radius 2 is 1.65 bits per heavy atom. The molecule has 0 spiro atoms. The molecule has 0 saturated carbocycles. The van der Waals surface area contributed by atoms with Crippen LogP contribution in [0.25, 0.3) is 0 Å². The summed E-state index contributed by atoms with van der Waals surface area (Å²) in [6, 6.07) is 11.6. The Morgan fingerprint density at radius 3 is 2.30 bits per heavy atom. The summed E-state index contributed by atoms with van der Waals surface area (Å²) in [6.45, 7) is 1.46. The summed E-state index contributed by atoms with van der Waals surface area (Å²) >= 11 is 0. The molecule has 0 heterocycles. The van der Waals surface area contributed by atoms with Crippen molar-refractivity contribution in [2.45, 2.75) is 13.0 Å². The molecule has 1 N–H and O–H groups in total. The summed E-state index contributed by atoms with van der Waals surface area (Å²) in [5.74, 6) is -1.68. The number of hydrogen-bond donors (Lipinski definition) is 1. The highest BCUT2D eigenvalue weighted by atomic mass is 19.1. The Balaban J connectivity index is 2.03. The number of amides is 1. The third-order valence-corrected chi connectivity index (χ3v) is 2.64. The minimum atomic E-state index is -0.952. The van der Waals surface area contributed by atoms with Gasteiger partial charge in [0.1, 0.15) is 5.82 Å². The maximum atomic E-state index is 13.4. The molecule has 0 radical (unpaired) electrons. The average Bonchev–Trinajstić information content (AvgIpc) is 2.43. The molecular weight excluding hydrogens is 264 g/mol. The van der Waals surface area contributed by atoms with Gasteiger partial charge in [0.05, 0.1) is 5.69 Å². The van der Waals surface area contributed by atoms with E-state index in [1.807, 2.05) is 0 Å². The molecule has 5 heteroatoms. The number of carbonyl (C=O) groups is 1. The van der Waals surface area contributed by atoms with E-state index in [2.05, 4.69) is 5.32 Å². The van der Waals surface area contributed by atoms with Gasteiger partial charge < -0.3 is 10.1 Å². The molecule has 1 unspecified atom stereocenters. The van der Waals surface area contributed by atoms with Crippen LogP contribution in [0, 0.1) is 11.6 Å². The average molecular weight is 277 g/mol. The molecule has 0 aliphatic heterocycles. The van der Waals surface area contributed by atoms with Crippen molar-refractivity contribution < 1.29 is 18.3 Å². The predicted molar refractivity (Wildman–Crippen MR) is 71.5 cm³/mol. The monoisotopic (exact) mass is 277 g/mol. The fourth-order valence-corrected chi connectivity index (χ4v) is 1.58. The first-order chi connectivity index (χ1) is 9.58. The van der Waals surface area contributed by atoms with Crippen LogP contribution in [0.4, 0.5) is 14.5 Å². The standard InChI is InChI=1S/C15H13F2NO2/c1-10(20-14-9-5-3-7-12(14)17)15(19)18-13-8-4-2-6-11(13)16/h2-10H,1H3,(H,18,19). The summed E-state index contributed by atoms with van der Waals surface area (Å²) in [5, 5.41) is 2.39. The van der Waals surface area contributed by atoms with E-state index < -0.39 is 23.6 Å². The molecule has 1 amide bonds. The number of ether oxygens (including phenoxy) is 1. The zero-order valence-electron chi connectivity index (χ0n) is 10.8. The largest absolute Gasteiger partial charge is 0.478 e. The summed E-state index contributed by atoms with van der Waals surface area (Å²) in [7, 11) is 0. The van der Waals surface area contributed by atoms with Gasteiger partial charge in [-0.25, -0.2) is 8.78 Å². The lowest BCUT2D eigenvalue weighted by Crippen LogP contribution is -2.30. The van der Waals surface area contributed by atoms with E-state index in [4.69, 9.17) is 4.74 Å². The first-order valence-electron chi connectivity index (χ1n) is 6.04. The number of rotatable bonds is 4. The smallest absolute Gasteiger partial charge is 0.265 e. The second-order valence-corrected chi connectivity index (χ2v) is 4.16. The molecule has 0 saturated heterocycles. The predicted octanol–water partition coefficient (Wildman–Crippen LogP) is 3.37. The SMILES string of the molecule is CC(Oc1ccccc1F)C(=O)Nc1ccccc1F. The van der Waals surface area contributed by atoms with Crippen molar-refractivity contribution in [2.24, 2.45) is 0 Å². The van der Waals surface area contributed by atoms with E-state index in [1.165, 1.54) is 43.3 Å². The van der Waals surface area contributed by atoms with Crippen LogP contribution in [0.5, 0.6) is 5.75 Å². The zero-order valence-corrected chi connectivity index (χ0v) is 10.8. The minimum absolute atomic E-state index is 0.0244. The Kier molecular flexibility index (Phi) is 4.30. The number of halogens is 2. The van der Waals surface area contributed by atoms with E-state index in [1.54, 1.807) is 12.1 Å². The molecule has 2 aromatic carbocycles. The topological polar surface area (TPSA) is 38.3 Å². The van der Waals surface area contributed by atoms with Crippen molar-refractivity contribution >= 4 is 11.6 Å². The number of benzene rings is 2. The van der Waals surface area contributed by atoms with Crippen molar-refractivity contribution in [2.75, 3.05) is 5.32 Å². The lowest BCUT2D eigenvalue weighted by atomic mass is 10.2. The van der Waals surface area contributed by atoms with Crippen LogP contribution in [0.15, 0.2) is 48.5 Å². The van der Waals surface area contributed by atoms with Crippen molar-refractivity contribution in [3.05, 3.63) is 60.2 Å². The van der Waals surface area contributed by atoms with Gasteiger partial charge in [0, 0.05) is 0 Å². The van der Waals surface area contributed by atoms with Crippen molar-refractivity contribution in [3.8, 4) is 5.75 Å². The second kappa shape index (κ2) is 6.14. The van der Waals surface area contributed by atoms with Gasteiger partial charge in [0.2, 0.25) is 0 Å². The highest BCUT2D eigenvalue weighted by Crippen LogP contribution is 2.18. The molecule has 104 valence electrons. The lowest BCUT2D eigenvalue weighted by molar-refractivity contribution is -0.122. The Bertz CT molecular complexity index is 616. The van der Waals surface area contributed by atoms with Crippen LogP contribution in [0.2, 0.25) is 0 Å². The molecule has 0 aliphatic rings. The molecule has 2 rings (SSSR count). The zero-order chi connectivity index (χ0) is 14.5. The maximum Gasteiger partial charge on any atom is 0.265 e. The minimum Gasteiger partial charge on any atom is -0.478 e. The van der Waals surface area contributed by atoms with Crippen LogP contribution < -0.4 is 10.1 Å². The van der Waals surface area contributed by atoms with E-state index in [9.17, 15) is 13.6 Å². The van der Waals surface area contributed by atoms with Crippen molar-refractivity contribution in [3.63, 3.8) is 0 Å². The van der Waals surface area contributed by atoms with E-state index in [-0.39, 0.29) is 11.4 Å². The molecule has 2 aromatic rings. The highest BCUT2D eigenvalue weighted by Gasteiger charge is 2.17. The van der Waals surface area contributed by atoms with Gasteiger partial charge in [0.25, 0.3) is 5.91 Å². The molecule has 0 fully saturated rings. The molecule has 0 bridgehead atoms. The number of para-hydroxylation sites is 2. The van der Waals surface area contributed by atoms with Gasteiger partial charge in [-0.15, -0.1) is 0 Å². The second-order valence-electron chi connectivity index (χ2n) is 4.16. The van der Waals surface area contributed by atoms with Crippen LogP contribution in [0.1, 0.15) is 6.92 Å². The fraction of sp³-hybridized carbons (Fsp3) is 0.133. The molecule has 20 heavy (non-hydrogen) atoms. The lowest BCUT2D eigenvalue weighted by Gasteiger charge is -2.15. The first-order valence-corrected chi connectivity index (χ1v) is 6.04. The van der Waals surface area contributed by atoms with Crippen LogP contribution in [-0.2, 0) is 4.79 Å². The van der Waals surface area contributed by atoms with Gasteiger partial charge in [-0.1, -0.05) is 24.3 Å². The molecule has 0 aromatic heterocycles. The normalized spacial score (nSPS) is 11.8. The van der Waals surface area contributed by atoms with E-state index >= 15 is 0 Å². The maximum absolute atomic E-state index is 13.4. The van der Waals surface area contributed by atoms with Gasteiger partial charge >= 0.3 is 0 Å². The molecular formula is C15H13F2NO2. The number of hydrogen-bond acceptors (Lipinski definition) is 2. The van der Waals surface area contributed by atoms with Crippen LogP contribution in [0.3, 0.4) is 0 Å². The summed E-state index contributed by atoms with van der Waals surface area (Å²) in [6.07, 6.45) is -0.952. The summed E-state index contributed by atoms with van der Waals surface area (Å²) in [4.78, 5) is 11.9. The molecule has 3 nitrogen and oxygen atoms in total. The number of nitrogens with one attached hydrogen (secondary N) is 1. The van der Waals surface area contributed by atoms with Gasteiger partial charge in [0.15, 0.2) is 17.7 Å². The third-order valence-electron chi connectivity index (χ3n) is 2.64. The summed E-state index contributed by atoms with van der Waals surface area (Å²) in [5.41, 5.74) is 0.0569. The number of anilines is 1. The molecule has 1 atom stereocenters. The van der Waals surface area contributed by atoms with Gasteiger partial charge in [-0.3, -0.25) is 4.79 Å². The Hall–Kier alpha value is -2.43. The highest BCUT2D eigenvalue weighted by molar-refractivity contribution is 5.94. The van der Waals surface area contributed by atoms with Crippen LogP contribution >= 0.6 is 0 Å². The quantitative estimate of drug-likeness (QED) is 0.930. The van der Waals surface area contributed by atoms with E-state index in [0.717, 1.165) is 0 Å². The van der Waals surface area contributed by atoms with Gasteiger partial charge in [-0.05, 0) is 31.2 Å². The molecule has 0 aliphatic carbocycles. The van der Waals surface area contributed by atoms with Crippen molar-refractivity contribution in [1.82, 2.24) is 0 Å². The third kappa shape index (κ3) is 3.32.